The Morgan fingerprint density at radius 2 is 1.93 bits per heavy atom. The van der Waals surface area contributed by atoms with E-state index < -0.39 is 10.8 Å². The average molecular weight is 219 g/mol. The summed E-state index contributed by atoms with van der Waals surface area (Å²) in [5, 5.41) is 3.39. The van der Waals surface area contributed by atoms with Crippen LogP contribution in [0.4, 0.5) is 0 Å². The highest BCUT2D eigenvalue weighted by molar-refractivity contribution is 7.86. The number of rotatable bonds is 6. The molecule has 0 aliphatic heterocycles. The van der Waals surface area contributed by atoms with Crippen LogP contribution in [0.3, 0.4) is 0 Å². The van der Waals surface area contributed by atoms with E-state index in [-0.39, 0.29) is 4.75 Å². The van der Waals surface area contributed by atoms with Crippen molar-refractivity contribution < 1.29 is 4.21 Å². The van der Waals surface area contributed by atoms with Crippen molar-refractivity contribution in [2.45, 2.75) is 58.2 Å². The van der Waals surface area contributed by atoms with Crippen molar-refractivity contribution in [2.24, 2.45) is 0 Å². The third kappa shape index (κ3) is 6.55. The molecule has 0 aliphatic rings. The molecule has 0 heterocycles. The molecule has 0 amide bonds. The van der Waals surface area contributed by atoms with Crippen molar-refractivity contribution in [1.82, 2.24) is 5.32 Å². The molecule has 0 radical (unpaired) electrons. The zero-order valence-corrected chi connectivity index (χ0v) is 11.0. The Labute approximate surface area is 91.3 Å². The van der Waals surface area contributed by atoms with Gasteiger partial charge in [-0.3, -0.25) is 4.21 Å². The molecular weight excluding hydrogens is 194 g/mol. The molecule has 0 aromatic carbocycles. The fraction of sp³-hybridized carbons (Fsp3) is 1.00. The topological polar surface area (TPSA) is 29.1 Å². The third-order valence-electron chi connectivity index (χ3n) is 2.18. The van der Waals surface area contributed by atoms with Crippen LogP contribution in [-0.2, 0) is 10.8 Å². The highest BCUT2D eigenvalue weighted by Crippen LogP contribution is 2.10. The van der Waals surface area contributed by atoms with E-state index in [0.717, 1.165) is 12.3 Å². The summed E-state index contributed by atoms with van der Waals surface area (Å²) in [4.78, 5) is 0. The zero-order valence-electron chi connectivity index (χ0n) is 10.2. The van der Waals surface area contributed by atoms with Gasteiger partial charge in [0, 0.05) is 33.9 Å². The van der Waals surface area contributed by atoms with Crippen molar-refractivity contribution in [3.05, 3.63) is 0 Å². The molecule has 0 fully saturated rings. The van der Waals surface area contributed by atoms with Crippen LogP contribution in [0.2, 0.25) is 0 Å². The van der Waals surface area contributed by atoms with Crippen molar-refractivity contribution in [2.75, 3.05) is 12.3 Å². The van der Waals surface area contributed by atoms with Crippen molar-refractivity contribution in [1.29, 1.82) is 0 Å². The fourth-order valence-corrected chi connectivity index (χ4v) is 2.15. The number of hydrogen-bond acceptors (Lipinski definition) is 2. The molecule has 2 atom stereocenters. The second kappa shape index (κ2) is 6.57. The van der Waals surface area contributed by atoms with Gasteiger partial charge in [0.05, 0.1) is 0 Å². The van der Waals surface area contributed by atoms with E-state index in [1.807, 2.05) is 20.8 Å². The van der Waals surface area contributed by atoms with Crippen LogP contribution in [0.15, 0.2) is 0 Å². The lowest BCUT2D eigenvalue weighted by molar-refractivity contribution is 0.523. The van der Waals surface area contributed by atoms with E-state index in [0.29, 0.717) is 6.04 Å². The lowest BCUT2D eigenvalue weighted by atomic mass is 10.2. The molecule has 0 saturated heterocycles. The number of hydrogen-bond donors (Lipinski definition) is 1. The molecule has 0 aliphatic carbocycles. The maximum atomic E-state index is 11.7. The normalized spacial score (nSPS) is 16.6. The molecule has 0 saturated carbocycles. The first kappa shape index (κ1) is 14.1. The fourth-order valence-electron chi connectivity index (χ4n) is 1.24. The highest BCUT2D eigenvalue weighted by atomic mass is 32.2. The number of nitrogens with one attached hydrogen (secondary N) is 1. The van der Waals surface area contributed by atoms with Crippen molar-refractivity contribution in [3.63, 3.8) is 0 Å². The molecule has 0 spiro atoms. The van der Waals surface area contributed by atoms with Crippen molar-refractivity contribution in [3.8, 4) is 0 Å². The predicted octanol–water partition coefficient (Wildman–Crippen LogP) is 2.31. The molecule has 3 heteroatoms. The quantitative estimate of drug-likeness (QED) is 0.743. The Bertz CT molecular complexity index is 175. The Morgan fingerprint density at radius 3 is 2.36 bits per heavy atom. The Balaban J connectivity index is 3.59. The molecule has 14 heavy (non-hydrogen) atoms. The van der Waals surface area contributed by atoms with Gasteiger partial charge in [0.1, 0.15) is 0 Å². The van der Waals surface area contributed by atoms with Gasteiger partial charge in [-0.2, -0.15) is 0 Å². The summed E-state index contributed by atoms with van der Waals surface area (Å²) < 4.78 is 11.6. The van der Waals surface area contributed by atoms with Crippen LogP contribution < -0.4 is 5.32 Å². The van der Waals surface area contributed by atoms with Gasteiger partial charge in [-0.25, -0.2) is 0 Å². The summed E-state index contributed by atoms with van der Waals surface area (Å²) in [7, 11) is -0.720. The van der Waals surface area contributed by atoms with E-state index >= 15 is 0 Å². The zero-order chi connectivity index (χ0) is 11.2. The van der Waals surface area contributed by atoms with Gasteiger partial charge in [0.15, 0.2) is 0 Å². The SMILES string of the molecule is CCCC(C)NCCS(=O)C(C)(C)C. The first-order valence-corrected chi connectivity index (χ1v) is 6.81. The monoisotopic (exact) mass is 219 g/mol. The molecule has 0 rings (SSSR count). The van der Waals surface area contributed by atoms with E-state index in [1.165, 1.54) is 12.8 Å². The van der Waals surface area contributed by atoms with Gasteiger partial charge in [-0.05, 0) is 34.1 Å². The van der Waals surface area contributed by atoms with E-state index in [4.69, 9.17) is 0 Å². The minimum atomic E-state index is -0.720. The molecule has 0 aromatic heterocycles. The van der Waals surface area contributed by atoms with Crippen LogP contribution in [-0.4, -0.2) is 27.3 Å². The molecule has 2 nitrogen and oxygen atoms in total. The minimum Gasteiger partial charge on any atom is -0.313 e. The predicted molar refractivity (Wildman–Crippen MR) is 65.1 cm³/mol. The maximum Gasteiger partial charge on any atom is 0.0375 e. The lowest BCUT2D eigenvalue weighted by Crippen LogP contribution is -2.33. The summed E-state index contributed by atoms with van der Waals surface area (Å²) in [6.45, 7) is 11.3. The molecule has 0 bridgehead atoms. The highest BCUT2D eigenvalue weighted by Gasteiger charge is 2.18. The second-order valence-corrected chi connectivity index (χ2v) is 7.13. The maximum absolute atomic E-state index is 11.7. The second-order valence-electron chi connectivity index (χ2n) is 4.81. The van der Waals surface area contributed by atoms with Crippen LogP contribution >= 0.6 is 0 Å². The Hall–Kier alpha value is 0.110. The summed E-state index contributed by atoms with van der Waals surface area (Å²) in [5.41, 5.74) is 0. The summed E-state index contributed by atoms with van der Waals surface area (Å²) in [6.07, 6.45) is 2.40. The average Bonchev–Trinajstić information content (AvgIpc) is 2.02. The van der Waals surface area contributed by atoms with Gasteiger partial charge in [0.25, 0.3) is 0 Å². The van der Waals surface area contributed by atoms with E-state index in [1.54, 1.807) is 0 Å². The molecule has 86 valence electrons. The Kier molecular flexibility index (Phi) is 6.62. The lowest BCUT2D eigenvalue weighted by Gasteiger charge is -2.19. The molecule has 2 unspecified atom stereocenters. The van der Waals surface area contributed by atoms with Gasteiger partial charge >= 0.3 is 0 Å². The van der Waals surface area contributed by atoms with E-state index in [2.05, 4.69) is 19.2 Å². The first-order chi connectivity index (χ1) is 6.38. The first-order valence-electron chi connectivity index (χ1n) is 5.49. The summed E-state index contributed by atoms with van der Waals surface area (Å²) in [6, 6.07) is 0.553. The molecular formula is C11H25NOS. The van der Waals surface area contributed by atoms with Crippen molar-refractivity contribution >= 4 is 10.8 Å². The largest absolute Gasteiger partial charge is 0.313 e. The molecule has 1 N–H and O–H groups in total. The summed E-state index contributed by atoms with van der Waals surface area (Å²) >= 11 is 0. The van der Waals surface area contributed by atoms with Crippen LogP contribution in [0.25, 0.3) is 0 Å². The van der Waals surface area contributed by atoms with Gasteiger partial charge in [0.2, 0.25) is 0 Å². The minimum absolute atomic E-state index is 0.0737. The van der Waals surface area contributed by atoms with Crippen LogP contribution in [0.5, 0.6) is 0 Å². The van der Waals surface area contributed by atoms with Gasteiger partial charge in [-0.15, -0.1) is 0 Å². The van der Waals surface area contributed by atoms with Gasteiger partial charge in [-0.1, -0.05) is 13.3 Å². The summed E-state index contributed by atoms with van der Waals surface area (Å²) in [5.74, 6) is 0.761. The molecule has 0 aromatic rings. The van der Waals surface area contributed by atoms with Crippen LogP contribution in [0, 0.1) is 0 Å². The smallest absolute Gasteiger partial charge is 0.0375 e. The van der Waals surface area contributed by atoms with Gasteiger partial charge < -0.3 is 5.32 Å². The third-order valence-corrected chi connectivity index (χ3v) is 4.13. The Morgan fingerprint density at radius 1 is 1.36 bits per heavy atom. The van der Waals surface area contributed by atoms with E-state index in [9.17, 15) is 4.21 Å². The standard InChI is InChI=1S/C11H25NOS/c1-6-7-10(2)12-8-9-14(13)11(3,4)5/h10,12H,6-9H2,1-5H3. The van der Waals surface area contributed by atoms with Crippen LogP contribution in [0.1, 0.15) is 47.5 Å².